The minimum absolute atomic E-state index is 0.0854. The number of nitrogens with zero attached hydrogens (tertiary/aromatic N) is 2. The van der Waals surface area contributed by atoms with E-state index in [1.807, 2.05) is 6.92 Å². The van der Waals surface area contributed by atoms with E-state index in [1.54, 1.807) is 13.8 Å². The van der Waals surface area contributed by atoms with Crippen LogP contribution in [0.4, 0.5) is 6.01 Å². The van der Waals surface area contributed by atoms with E-state index in [0.29, 0.717) is 12.3 Å². The average molecular weight is 298 g/mol. The highest BCUT2D eigenvalue weighted by atomic mass is 16.4. The first kappa shape index (κ1) is 17.1. The van der Waals surface area contributed by atoms with Crippen molar-refractivity contribution >= 4 is 17.9 Å². The Balaban J connectivity index is 2.16. The lowest BCUT2D eigenvalue weighted by atomic mass is 10.0. The molecule has 0 aliphatic rings. The van der Waals surface area contributed by atoms with E-state index in [4.69, 9.17) is 9.52 Å². The van der Waals surface area contributed by atoms with Crippen LogP contribution in [0.3, 0.4) is 0 Å². The van der Waals surface area contributed by atoms with Crippen molar-refractivity contribution in [2.75, 3.05) is 11.9 Å². The van der Waals surface area contributed by atoms with E-state index < -0.39 is 5.97 Å². The van der Waals surface area contributed by atoms with Crippen LogP contribution in [0.1, 0.15) is 39.0 Å². The molecule has 3 N–H and O–H groups in total. The zero-order valence-corrected chi connectivity index (χ0v) is 12.5. The minimum atomic E-state index is -0.773. The second-order valence-electron chi connectivity index (χ2n) is 5.13. The molecule has 0 fully saturated rings. The molecule has 2 unspecified atom stereocenters. The number of aryl methyl sites for hydroxylation is 1. The maximum absolute atomic E-state index is 11.6. The first-order valence-electron chi connectivity index (χ1n) is 6.94. The van der Waals surface area contributed by atoms with Gasteiger partial charge in [-0.25, -0.2) is 0 Å². The number of anilines is 1. The van der Waals surface area contributed by atoms with Crippen molar-refractivity contribution in [1.82, 2.24) is 15.5 Å². The first-order chi connectivity index (χ1) is 9.88. The van der Waals surface area contributed by atoms with Gasteiger partial charge in [0.15, 0.2) is 0 Å². The van der Waals surface area contributed by atoms with Gasteiger partial charge in [-0.15, -0.1) is 5.10 Å². The van der Waals surface area contributed by atoms with Gasteiger partial charge in [-0.3, -0.25) is 14.9 Å². The molecule has 118 valence electrons. The van der Waals surface area contributed by atoms with Crippen LogP contribution in [-0.4, -0.2) is 39.8 Å². The van der Waals surface area contributed by atoms with E-state index in [9.17, 15) is 9.59 Å². The highest BCUT2D eigenvalue weighted by molar-refractivity contribution is 5.90. The van der Waals surface area contributed by atoms with Crippen LogP contribution in [0.5, 0.6) is 0 Å². The molecule has 0 aliphatic carbocycles. The highest BCUT2D eigenvalue weighted by Crippen LogP contribution is 2.09. The van der Waals surface area contributed by atoms with Crippen LogP contribution in [-0.2, 0) is 9.59 Å². The molecular formula is C13H22N4O4. The fourth-order valence-corrected chi connectivity index (χ4v) is 1.73. The molecule has 1 aromatic heterocycles. The monoisotopic (exact) mass is 298 g/mol. The largest absolute Gasteiger partial charge is 0.481 e. The quantitative estimate of drug-likeness (QED) is 0.626. The van der Waals surface area contributed by atoms with Crippen LogP contribution in [0.2, 0.25) is 0 Å². The van der Waals surface area contributed by atoms with Crippen LogP contribution in [0.15, 0.2) is 4.42 Å². The molecule has 1 aromatic rings. The first-order valence-corrected chi connectivity index (χ1v) is 6.94. The van der Waals surface area contributed by atoms with Crippen molar-refractivity contribution in [3.05, 3.63) is 5.89 Å². The molecule has 0 spiro atoms. The Morgan fingerprint density at radius 3 is 2.57 bits per heavy atom. The Morgan fingerprint density at radius 1 is 1.29 bits per heavy atom. The number of hydrogen-bond acceptors (Lipinski definition) is 6. The summed E-state index contributed by atoms with van der Waals surface area (Å²) in [4.78, 5) is 22.3. The van der Waals surface area contributed by atoms with Gasteiger partial charge in [0.25, 0.3) is 0 Å². The third kappa shape index (κ3) is 6.84. The lowest BCUT2D eigenvalue weighted by molar-refractivity contribution is -0.141. The molecule has 1 heterocycles. The lowest BCUT2D eigenvalue weighted by Crippen LogP contribution is -2.34. The molecule has 8 heteroatoms. The van der Waals surface area contributed by atoms with E-state index in [-0.39, 0.29) is 30.4 Å². The number of aliphatic carboxylic acids is 1. The van der Waals surface area contributed by atoms with Crippen LogP contribution in [0, 0.1) is 12.8 Å². The number of nitrogens with one attached hydrogen (secondary N) is 2. The molecule has 0 saturated carbocycles. The highest BCUT2D eigenvalue weighted by Gasteiger charge is 2.12. The molecule has 1 rings (SSSR count). The normalized spacial score (nSPS) is 13.7. The van der Waals surface area contributed by atoms with Gasteiger partial charge in [0.2, 0.25) is 11.8 Å². The number of carbonyl (C=O) groups excluding carboxylic acids is 1. The fraction of sp³-hybridized carbons (Fsp3) is 0.692. The predicted molar refractivity (Wildman–Crippen MR) is 75.8 cm³/mol. The summed E-state index contributed by atoms with van der Waals surface area (Å²) < 4.78 is 5.04. The number of carbonyl (C=O) groups is 2. The van der Waals surface area contributed by atoms with Crippen molar-refractivity contribution in [1.29, 1.82) is 0 Å². The molecule has 8 nitrogen and oxygen atoms in total. The molecule has 0 saturated heterocycles. The number of amides is 1. The third-order valence-corrected chi connectivity index (χ3v) is 3.08. The Morgan fingerprint density at radius 2 is 2.00 bits per heavy atom. The summed E-state index contributed by atoms with van der Waals surface area (Å²) in [6, 6.07) is 0.211. The van der Waals surface area contributed by atoms with E-state index >= 15 is 0 Å². The maximum Gasteiger partial charge on any atom is 0.322 e. The smallest absolute Gasteiger partial charge is 0.322 e. The Hall–Kier alpha value is -1.96. The number of hydrogen-bond donors (Lipinski definition) is 3. The fourth-order valence-electron chi connectivity index (χ4n) is 1.73. The van der Waals surface area contributed by atoms with E-state index in [0.717, 1.165) is 12.8 Å². The second-order valence-corrected chi connectivity index (χ2v) is 5.13. The minimum Gasteiger partial charge on any atom is -0.481 e. The molecular weight excluding hydrogens is 276 g/mol. The molecule has 0 aromatic carbocycles. The summed E-state index contributed by atoms with van der Waals surface area (Å²) in [6.45, 7) is 5.42. The van der Waals surface area contributed by atoms with Gasteiger partial charge in [0.05, 0.1) is 12.5 Å². The van der Waals surface area contributed by atoms with Crippen LogP contribution >= 0.6 is 0 Å². The van der Waals surface area contributed by atoms with Gasteiger partial charge in [-0.1, -0.05) is 18.4 Å². The molecule has 0 bridgehead atoms. The number of aromatic nitrogens is 2. The molecule has 2 atom stereocenters. The van der Waals surface area contributed by atoms with Crippen molar-refractivity contribution in [2.45, 2.75) is 46.1 Å². The summed E-state index contributed by atoms with van der Waals surface area (Å²) in [5.41, 5.74) is 0. The standard InChI is InChI=1S/C13H22N4O4/c1-8(12(19)20)5-4-6-9(2)14-7-11(18)15-13-17-16-10(3)21-13/h8-9,14H,4-7H2,1-3H3,(H,19,20)(H,15,17,18). The summed E-state index contributed by atoms with van der Waals surface area (Å²) in [7, 11) is 0. The van der Waals surface area contributed by atoms with Gasteiger partial charge in [-0.05, 0) is 19.8 Å². The van der Waals surface area contributed by atoms with Crippen molar-refractivity contribution in [3.8, 4) is 0 Å². The molecule has 0 radical (unpaired) electrons. The van der Waals surface area contributed by atoms with Crippen molar-refractivity contribution < 1.29 is 19.1 Å². The third-order valence-electron chi connectivity index (χ3n) is 3.08. The number of rotatable bonds is 9. The average Bonchev–Trinajstić information content (AvgIpc) is 2.81. The lowest BCUT2D eigenvalue weighted by Gasteiger charge is -2.13. The van der Waals surface area contributed by atoms with Crippen LogP contribution < -0.4 is 10.6 Å². The topological polar surface area (TPSA) is 117 Å². The summed E-state index contributed by atoms with van der Waals surface area (Å²) >= 11 is 0. The van der Waals surface area contributed by atoms with E-state index in [1.165, 1.54) is 0 Å². The summed E-state index contributed by atoms with van der Waals surface area (Å²) in [5.74, 6) is -0.977. The van der Waals surface area contributed by atoms with Gasteiger partial charge >= 0.3 is 12.0 Å². The zero-order chi connectivity index (χ0) is 15.8. The Kier molecular flexibility index (Phi) is 6.80. The van der Waals surface area contributed by atoms with E-state index in [2.05, 4.69) is 20.8 Å². The van der Waals surface area contributed by atoms with Crippen molar-refractivity contribution in [3.63, 3.8) is 0 Å². The van der Waals surface area contributed by atoms with Crippen LogP contribution in [0.25, 0.3) is 0 Å². The Bertz CT molecular complexity index is 474. The van der Waals surface area contributed by atoms with Gasteiger partial charge < -0.3 is 14.8 Å². The van der Waals surface area contributed by atoms with Gasteiger partial charge in [0.1, 0.15) is 0 Å². The number of carboxylic acid groups (broad SMARTS) is 1. The molecule has 1 amide bonds. The second kappa shape index (κ2) is 8.35. The zero-order valence-electron chi connectivity index (χ0n) is 12.5. The Labute approximate surface area is 123 Å². The molecule has 0 aliphatic heterocycles. The predicted octanol–water partition coefficient (Wildman–Crippen LogP) is 1.19. The summed E-state index contributed by atoms with van der Waals surface area (Å²) in [6.07, 6.45) is 2.24. The van der Waals surface area contributed by atoms with Crippen molar-refractivity contribution in [2.24, 2.45) is 5.92 Å². The maximum atomic E-state index is 11.6. The molecule has 21 heavy (non-hydrogen) atoms. The number of carboxylic acids is 1. The van der Waals surface area contributed by atoms with Gasteiger partial charge in [-0.2, -0.15) is 0 Å². The summed E-state index contributed by atoms with van der Waals surface area (Å²) in [5, 5.41) is 21.6. The SMILES string of the molecule is Cc1nnc(NC(=O)CNC(C)CCCC(C)C(=O)O)o1. The van der Waals surface area contributed by atoms with Gasteiger partial charge in [0, 0.05) is 13.0 Å².